The van der Waals surface area contributed by atoms with E-state index < -0.39 is 0 Å². The zero-order valence-electron chi connectivity index (χ0n) is 16.3. The third-order valence-electron chi connectivity index (χ3n) is 4.83. The smallest absolute Gasteiger partial charge is 0.141 e. The summed E-state index contributed by atoms with van der Waals surface area (Å²) in [4.78, 5) is 8.00. The number of hydrogen-bond acceptors (Lipinski definition) is 3. The number of rotatable bonds is 6. The summed E-state index contributed by atoms with van der Waals surface area (Å²) in [5.41, 5.74) is 4.89. The fourth-order valence-electron chi connectivity index (χ4n) is 3.27. The fourth-order valence-corrected chi connectivity index (χ4v) is 3.27. The first-order chi connectivity index (χ1) is 14.1. The van der Waals surface area contributed by atoms with Crippen LogP contribution in [-0.2, 0) is 0 Å². The van der Waals surface area contributed by atoms with Gasteiger partial charge >= 0.3 is 0 Å². The summed E-state index contributed by atoms with van der Waals surface area (Å²) in [6.07, 6.45) is 1.82. The lowest BCUT2D eigenvalue weighted by molar-refractivity contribution is 0.416. The number of methoxy groups -OCH3 is 1. The van der Waals surface area contributed by atoms with Gasteiger partial charge in [0.2, 0.25) is 0 Å². The molecule has 5 heteroatoms. The number of imidazole rings is 1. The molecule has 0 aliphatic heterocycles. The van der Waals surface area contributed by atoms with Crippen molar-refractivity contribution in [2.75, 3.05) is 12.4 Å². The molecule has 4 nitrogen and oxygen atoms in total. The zero-order chi connectivity index (χ0) is 20.2. The molecule has 0 aliphatic rings. The van der Waals surface area contributed by atoms with Crippen molar-refractivity contribution in [3.63, 3.8) is 0 Å². The Balaban J connectivity index is 1.72. The molecule has 29 heavy (non-hydrogen) atoms. The van der Waals surface area contributed by atoms with Crippen LogP contribution in [0.3, 0.4) is 0 Å². The van der Waals surface area contributed by atoms with Gasteiger partial charge in [-0.2, -0.15) is 0 Å². The van der Waals surface area contributed by atoms with Crippen molar-refractivity contribution >= 4 is 5.69 Å². The summed E-state index contributed by atoms with van der Waals surface area (Å²) in [6.45, 7) is 2.06. The van der Waals surface area contributed by atoms with E-state index in [2.05, 4.69) is 46.5 Å². The van der Waals surface area contributed by atoms with Gasteiger partial charge in [-0.25, -0.2) is 9.37 Å². The van der Waals surface area contributed by atoms with Crippen LogP contribution in [-0.4, -0.2) is 17.1 Å². The fraction of sp³-hybridized carbons (Fsp3) is 0.125. The van der Waals surface area contributed by atoms with Crippen molar-refractivity contribution in [3.8, 4) is 17.1 Å². The van der Waals surface area contributed by atoms with E-state index in [0.29, 0.717) is 0 Å². The van der Waals surface area contributed by atoms with Crippen LogP contribution in [0.4, 0.5) is 10.1 Å². The van der Waals surface area contributed by atoms with Crippen LogP contribution in [0.25, 0.3) is 11.4 Å². The molecule has 1 aromatic heterocycles. The second-order valence-electron chi connectivity index (χ2n) is 6.88. The molecule has 0 radical (unpaired) electrons. The number of H-pyrrole nitrogens is 1. The number of halogens is 1. The van der Waals surface area contributed by atoms with Gasteiger partial charge in [0, 0.05) is 5.69 Å². The third kappa shape index (κ3) is 4.14. The quantitative estimate of drug-likeness (QED) is 0.444. The Morgan fingerprint density at radius 2 is 1.69 bits per heavy atom. The Hall–Kier alpha value is -3.60. The highest BCUT2D eigenvalue weighted by atomic mass is 19.1. The van der Waals surface area contributed by atoms with E-state index in [9.17, 15) is 4.39 Å². The predicted octanol–water partition coefficient (Wildman–Crippen LogP) is 5.73. The Kier molecular flexibility index (Phi) is 5.29. The molecule has 0 bridgehead atoms. The summed E-state index contributed by atoms with van der Waals surface area (Å²) in [5, 5.41) is 3.48. The number of para-hydroxylation sites is 1. The number of anilines is 1. The van der Waals surface area contributed by atoms with Crippen molar-refractivity contribution in [2.24, 2.45) is 0 Å². The number of ether oxygens (including phenoxy) is 1. The Morgan fingerprint density at radius 1 is 0.966 bits per heavy atom. The summed E-state index contributed by atoms with van der Waals surface area (Å²) in [7, 11) is 1.65. The monoisotopic (exact) mass is 387 g/mol. The van der Waals surface area contributed by atoms with Crippen LogP contribution in [0.1, 0.15) is 22.9 Å². The van der Waals surface area contributed by atoms with Crippen LogP contribution in [0, 0.1) is 12.7 Å². The van der Waals surface area contributed by atoms with Gasteiger partial charge in [-0.3, -0.25) is 0 Å². The first kappa shape index (κ1) is 18.7. The number of nitrogens with one attached hydrogen (secondary N) is 2. The van der Waals surface area contributed by atoms with Gasteiger partial charge in [0.05, 0.1) is 30.6 Å². The molecular formula is C24H22FN3O. The molecule has 0 amide bonds. The second-order valence-corrected chi connectivity index (χ2v) is 6.88. The molecule has 0 saturated heterocycles. The maximum absolute atomic E-state index is 13.3. The zero-order valence-corrected chi connectivity index (χ0v) is 16.3. The summed E-state index contributed by atoms with van der Waals surface area (Å²) in [5.74, 6) is 1.23. The van der Waals surface area contributed by atoms with Gasteiger partial charge < -0.3 is 15.0 Å². The van der Waals surface area contributed by atoms with E-state index >= 15 is 0 Å². The molecule has 0 fully saturated rings. The summed E-state index contributed by atoms with van der Waals surface area (Å²) >= 11 is 0. The normalized spacial score (nSPS) is 11.8. The van der Waals surface area contributed by atoms with Crippen molar-refractivity contribution in [3.05, 3.63) is 102 Å². The van der Waals surface area contributed by atoms with Crippen LogP contribution >= 0.6 is 0 Å². The molecule has 0 spiro atoms. The van der Waals surface area contributed by atoms with Gasteiger partial charge in [0.15, 0.2) is 0 Å². The molecule has 3 aromatic carbocycles. The summed E-state index contributed by atoms with van der Waals surface area (Å²) in [6, 6.07) is 22.3. The number of hydrogen-bond donors (Lipinski definition) is 2. The van der Waals surface area contributed by atoms with Crippen LogP contribution in [0.2, 0.25) is 0 Å². The van der Waals surface area contributed by atoms with E-state index in [0.717, 1.165) is 34.1 Å². The lowest BCUT2D eigenvalue weighted by Crippen LogP contribution is -2.13. The Bertz CT molecular complexity index is 1090. The molecule has 1 unspecified atom stereocenters. The first-order valence-electron chi connectivity index (χ1n) is 9.41. The van der Waals surface area contributed by atoms with Gasteiger partial charge in [-0.05, 0) is 48.9 Å². The molecule has 4 rings (SSSR count). The molecule has 146 valence electrons. The third-order valence-corrected chi connectivity index (χ3v) is 4.83. The topological polar surface area (TPSA) is 49.9 Å². The molecule has 0 aliphatic carbocycles. The number of nitrogens with zero attached hydrogens (tertiary/aromatic N) is 1. The van der Waals surface area contributed by atoms with Crippen molar-refractivity contribution in [1.29, 1.82) is 0 Å². The van der Waals surface area contributed by atoms with Gasteiger partial charge in [0.25, 0.3) is 0 Å². The highest BCUT2D eigenvalue weighted by Gasteiger charge is 2.18. The van der Waals surface area contributed by atoms with E-state index in [1.165, 1.54) is 17.7 Å². The van der Waals surface area contributed by atoms with E-state index in [1.807, 2.05) is 30.5 Å². The molecule has 2 N–H and O–H groups in total. The van der Waals surface area contributed by atoms with Crippen molar-refractivity contribution in [2.45, 2.75) is 13.0 Å². The SMILES string of the molecule is COc1ccccc1-c1ncc(C(Nc2ccc(F)cc2)c2ccc(C)cc2)[nH]1. The van der Waals surface area contributed by atoms with E-state index in [-0.39, 0.29) is 11.9 Å². The highest BCUT2D eigenvalue weighted by molar-refractivity contribution is 5.64. The lowest BCUT2D eigenvalue weighted by atomic mass is 10.0. The van der Waals surface area contributed by atoms with Gasteiger partial charge in [-0.15, -0.1) is 0 Å². The number of aromatic amines is 1. The maximum Gasteiger partial charge on any atom is 0.141 e. The largest absolute Gasteiger partial charge is 0.496 e. The number of benzene rings is 3. The minimum atomic E-state index is -0.262. The van der Waals surface area contributed by atoms with Crippen LogP contribution in [0.15, 0.2) is 79.0 Å². The van der Waals surface area contributed by atoms with Crippen molar-refractivity contribution < 1.29 is 9.13 Å². The standard InChI is InChI=1S/C24H22FN3O/c1-16-7-9-17(10-8-16)23(27-19-13-11-18(25)12-14-19)21-15-26-24(28-21)20-5-3-4-6-22(20)29-2/h3-15,23,27H,1-2H3,(H,26,28). The highest BCUT2D eigenvalue weighted by Crippen LogP contribution is 2.31. The molecule has 1 atom stereocenters. The Labute approximate surface area is 169 Å². The van der Waals surface area contributed by atoms with Crippen LogP contribution in [0.5, 0.6) is 5.75 Å². The minimum absolute atomic E-state index is 0.169. The average molecular weight is 387 g/mol. The summed E-state index contributed by atoms with van der Waals surface area (Å²) < 4.78 is 18.8. The minimum Gasteiger partial charge on any atom is -0.496 e. The van der Waals surface area contributed by atoms with Gasteiger partial charge in [-0.1, -0.05) is 42.0 Å². The van der Waals surface area contributed by atoms with E-state index in [1.54, 1.807) is 19.2 Å². The average Bonchev–Trinajstić information content (AvgIpc) is 3.24. The molecule has 0 saturated carbocycles. The first-order valence-corrected chi connectivity index (χ1v) is 9.41. The molecule has 4 aromatic rings. The predicted molar refractivity (Wildman–Crippen MR) is 114 cm³/mol. The second kappa shape index (κ2) is 8.19. The maximum atomic E-state index is 13.3. The molecule has 1 heterocycles. The lowest BCUT2D eigenvalue weighted by Gasteiger charge is -2.19. The number of aromatic nitrogens is 2. The van der Waals surface area contributed by atoms with Crippen LogP contribution < -0.4 is 10.1 Å². The molecular weight excluding hydrogens is 365 g/mol. The number of aryl methyl sites for hydroxylation is 1. The van der Waals surface area contributed by atoms with Crippen molar-refractivity contribution in [1.82, 2.24) is 9.97 Å². The van der Waals surface area contributed by atoms with Gasteiger partial charge in [0.1, 0.15) is 17.4 Å². The van der Waals surface area contributed by atoms with E-state index in [4.69, 9.17) is 4.74 Å². The Morgan fingerprint density at radius 3 is 2.41 bits per heavy atom.